The molecule has 3 aromatic rings. The Morgan fingerprint density at radius 3 is 1.47 bits per heavy atom. The van der Waals surface area contributed by atoms with Gasteiger partial charge in [-0.15, -0.1) is 0 Å². The molecule has 3 rings (SSSR count). The molecule has 0 fully saturated rings. The second-order valence-corrected chi connectivity index (χ2v) is 5.91. The van der Waals surface area contributed by atoms with E-state index in [2.05, 4.69) is 48.5 Å². The Bertz CT molecular complexity index is 620. The Labute approximate surface area is 119 Å². The third-order valence-corrected chi connectivity index (χ3v) is 4.40. The fraction of sp³-hybridized carbons (Fsp3) is 0. The average molecular weight is 283 g/mol. The molecular formula is C17H12ClP. The van der Waals surface area contributed by atoms with E-state index in [9.17, 15) is 0 Å². The maximum atomic E-state index is 6.27. The van der Waals surface area contributed by atoms with Crippen LogP contribution in [0.3, 0.4) is 0 Å². The minimum absolute atomic E-state index is 0.788. The molecular weight excluding hydrogens is 271 g/mol. The summed E-state index contributed by atoms with van der Waals surface area (Å²) in [7, 11) is 1.20. The smallest absolute Gasteiger partial charge is 0.0425 e. The second kappa shape index (κ2) is 5.57. The Hall–Kier alpha value is -1.62. The molecule has 0 bridgehead atoms. The van der Waals surface area contributed by atoms with E-state index in [1.807, 2.05) is 24.3 Å². The summed E-state index contributed by atoms with van der Waals surface area (Å²) in [6.07, 6.45) is 0. The summed E-state index contributed by atoms with van der Waals surface area (Å²) in [4.78, 5) is 0. The van der Waals surface area contributed by atoms with Gasteiger partial charge in [-0.05, 0) is 23.3 Å². The molecule has 1 heterocycles. The first-order chi connectivity index (χ1) is 9.33. The molecule has 0 unspecified atom stereocenters. The lowest BCUT2D eigenvalue weighted by atomic mass is 10.1. The Morgan fingerprint density at radius 1 is 0.632 bits per heavy atom. The summed E-state index contributed by atoms with van der Waals surface area (Å²) in [5, 5.41) is 3.27. The molecule has 19 heavy (non-hydrogen) atoms. The first-order valence-electron chi connectivity index (χ1n) is 6.11. The van der Waals surface area contributed by atoms with Gasteiger partial charge in [-0.2, -0.15) is 0 Å². The van der Waals surface area contributed by atoms with Gasteiger partial charge in [0.15, 0.2) is 0 Å². The quantitative estimate of drug-likeness (QED) is 0.521. The van der Waals surface area contributed by atoms with Gasteiger partial charge in [0.2, 0.25) is 0 Å². The van der Waals surface area contributed by atoms with Crippen molar-refractivity contribution in [2.45, 2.75) is 0 Å². The minimum Gasteiger partial charge on any atom is -0.0843 e. The molecule has 0 saturated carbocycles. The zero-order chi connectivity index (χ0) is 13.1. The molecule has 1 aromatic heterocycles. The molecule has 0 nitrogen and oxygen atoms in total. The Balaban J connectivity index is 2.12. The summed E-state index contributed by atoms with van der Waals surface area (Å²) in [5.74, 6) is 0. The highest BCUT2D eigenvalue weighted by Gasteiger charge is 2.04. The Morgan fingerprint density at radius 2 is 1.05 bits per heavy atom. The van der Waals surface area contributed by atoms with Crippen molar-refractivity contribution >= 4 is 19.8 Å². The second-order valence-electron chi connectivity index (χ2n) is 4.29. The van der Waals surface area contributed by atoms with E-state index in [4.69, 9.17) is 11.6 Å². The van der Waals surface area contributed by atoms with Crippen molar-refractivity contribution in [3.63, 3.8) is 0 Å². The van der Waals surface area contributed by atoms with Gasteiger partial charge < -0.3 is 0 Å². The molecule has 0 N–H and O–H groups in total. The summed E-state index contributed by atoms with van der Waals surface area (Å²) < 4.78 is 0. The van der Waals surface area contributed by atoms with Crippen LogP contribution in [0.1, 0.15) is 0 Å². The van der Waals surface area contributed by atoms with E-state index in [-0.39, 0.29) is 0 Å². The highest BCUT2D eigenvalue weighted by Crippen LogP contribution is 2.39. The van der Waals surface area contributed by atoms with Gasteiger partial charge in [-0.25, -0.2) is 0 Å². The van der Waals surface area contributed by atoms with Crippen LogP contribution in [-0.4, -0.2) is 0 Å². The molecule has 0 atom stereocenters. The molecule has 0 aliphatic heterocycles. The molecule has 0 radical (unpaired) electrons. The molecule has 0 spiro atoms. The van der Waals surface area contributed by atoms with E-state index < -0.39 is 0 Å². The van der Waals surface area contributed by atoms with Crippen LogP contribution in [0.2, 0.25) is 5.02 Å². The predicted molar refractivity (Wildman–Crippen MR) is 84.8 cm³/mol. The first kappa shape index (κ1) is 12.4. The topological polar surface area (TPSA) is 0 Å². The van der Waals surface area contributed by atoms with E-state index in [1.54, 1.807) is 0 Å². The molecule has 0 aliphatic rings. The summed E-state index contributed by atoms with van der Waals surface area (Å²) >= 11 is 6.27. The number of halogens is 1. The van der Waals surface area contributed by atoms with E-state index in [1.165, 1.54) is 29.9 Å². The van der Waals surface area contributed by atoms with Crippen LogP contribution in [0.4, 0.5) is 0 Å². The van der Waals surface area contributed by atoms with Crippen LogP contribution in [0, 0.1) is 0 Å². The van der Waals surface area contributed by atoms with Crippen LogP contribution in [0.25, 0.3) is 21.7 Å². The maximum Gasteiger partial charge on any atom is 0.0425 e. The Kier molecular flexibility index (Phi) is 3.64. The van der Waals surface area contributed by atoms with Crippen molar-refractivity contribution in [1.29, 1.82) is 0 Å². The van der Waals surface area contributed by atoms with Crippen LogP contribution in [-0.2, 0) is 0 Å². The van der Waals surface area contributed by atoms with Gasteiger partial charge in [-0.3, -0.25) is 0 Å². The molecule has 0 saturated heterocycles. The van der Waals surface area contributed by atoms with Crippen molar-refractivity contribution in [2.24, 2.45) is 0 Å². The summed E-state index contributed by atoms with van der Waals surface area (Å²) in [5.41, 5.74) is 2.45. The highest BCUT2D eigenvalue weighted by molar-refractivity contribution is 7.37. The first-order valence-corrected chi connectivity index (χ1v) is 7.38. The van der Waals surface area contributed by atoms with Gasteiger partial charge >= 0.3 is 0 Å². The predicted octanol–water partition coefficient (Wildman–Crippen LogP) is 6.25. The van der Waals surface area contributed by atoms with E-state index in [0.29, 0.717) is 0 Å². The molecule has 0 aliphatic carbocycles. The van der Waals surface area contributed by atoms with Crippen molar-refractivity contribution < 1.29 is 0 Å². The average Bonchev–Trinajstić information content (AvgIpc) is 2.48. The summed E-state index contributed by atoms with van der Waals surface area (Å²) in [6, 6.07) is 24.9. The molecule has 2 heteroatoms. The van der Waals surface area contributed by atoms with E-state index >= 15 is 0 Å². The van der Waals surface area contributed by atoms with Crippen LogP contribution in [0.15, 0.2) is 72.8 Å². The zero-order valence-corrected chi connectivity index (χ0v) is 11.9. The van der Waals surface area contributed by atoms with Crippen LogP contribution < -0.4 is 0 Å². The fourth-order valence-corrected chi connectivity index (χ4v) is 3.60. The molecule has 0 amide bonds. The number of hydrogen-bond acceptors (Lipinski definition) is 0. The van der Waals surface area contributed by atoms with Gasteiger partial charge in [-0.1, -0.05) is 80.5 Å². The van der Waals surface area contributed by atoms with Gasteiger partial charge in [0.25, 0.3) is 0 Å². The van der Waals surface area contributed by atoms with Crippen molar-refractivity contribution in [2.75, 3.05) is 0 Å². The van der Waals surface area contributed by atoms with Crippen molar-refractivity contribution in [3.05, 3.63) is 77.8 Å². The van der Waals surface area contributed by atoms with Crippen LogP contribution in [0.5, 0.6) is 0 Å². The monoisotopic (exact) mass is 282 g/mol. The normalized spacial score (nSPS) is 10.4. The minimum atomic E-state index is 0.788. The van der Waals surface area contributed by atoms with Crippen molar-refractivity contribution in [3.8, 4) is 21.7 Å². The van der Waals surface area contributed by atoms with Crippen molar-refractivity contribution in [1.82, 2.24) is 0 Å². The largest absolute Gasteiger partial charge is 0.0843 e. The zero-order valence-electron chi connectivity index (χ0n) is 10.3. The number of benzene rings is 2. The highest BCUT2D eigenvalue weighted by atomic mass is 35.5. The molecule has 92 valence electrons. The third-order valence-electron chi connectivity index (χ3n) is 2.93. The van der Waals surface area contributed by atoms with E-state index in [0.717, 1.165) is 5.02 Å². The molecule has 2 aromatic carbocycles. The lowest BCUT2D eigenvalue weighted by molar-refractivity contribution is 1.67. The number of rotatable bonds is 2. The SMILES string of the molecule is Clc1cc(-c2ccccc2)pc(-c2ccccc2)c1. The van der Waals surface area contributed by atoms with Gasteiger partial charge in [0.1, 0.15) is 0 Å². The summed E-state index contributed by atoms with van der Waals surface area (Å²) in [6.45, 7) is 0. The lowest BCUT2D eigenvalue weighted by Gasteiger charge is -2.06. The maximum absolute atomic E-state index is 6.27. The fourth-order valence-electron chi connectivity index (χ4n) is 2.01. The number of hydrogen-bond donors (Lipinski definition) is 0. The standard InChI is InChI=1S/C17H12ClP/c18-15-11-16(13-7-3-1-4-8-13)19-17(12-15)14-9-5-2-6-10-14/h1-12H. The van der Waals surface area contributed by atoms with Gasteiger partial charge in [0, 0.05) is 15.6 Å². The lowest BCUT2D eigenvalue weighted by Crippen LogP contribution is -1.77. The third kappa shape index (κ3) is 2.87. The van der Waals surface area contributed by atoms with Gasteiger partial charge in [0.05, 0.1) is 0 Å². The van der Waals surface area contributed by atoms with Crippen LogP contribution >= 0.6 is 19.8 Å².